The van der Waals surface area contributed by atoms with Crippen LogP contribution in [0.25, 0.3) is 0 Å². The summed E-state index contributed by atoms with van der Waals surface area (Å²) in [6.45, 7) is 14.9. The van der Waals surface area contributed by atoms with Gasteiger partial charge in [-0.3, -0.25) is 28.8 Å². The van der Waals surface area contributed by atoms with E-state index in [1.165, 1.54) is 12.0 Å². The number of cyclic esters (lactones) is 1. The number of nitrogens with zero attached hydrogens (tertiary/aromatic N) is 5. The molecule has 0 aromatic carbocycles. The molecule has 3 fully saturated rings. The minimum absolute atomic E-state index is 0.00231. The number of carbonyl (C=O) groups excluding carboxylic acids is 5. The number of allylic oxidation sites excluding steroid dienone is 6. The first-order chi connectivity index (χ1) is 38.2. The fourth-order valence-corrected chi connectivity index (χ4v) is 11.9. The first-order valence-corrected chi connectivity index (χ1v) is 29.1. The zero-order chi connectivity index (χ0) is 58.7. The largest absolute Gasteiger partial charge is 0.460 e. The fraction of sp³-hybridized carbons (Fsp3) is 0.750. The van der Waals surface area contributed by atoms with Crippen molar-refractivity contribution in [3.8, 4) is 0 Å². The van der Waals surface area contributed by atoms with Crippen LogP contribution in [0.2, 0.25) is 0 Å². The third kappa shape index (κ3) is 18.6. The molecular weight excluding hydrogens is 1030 g/mol. The third-order valence-corrected chi connectivity index (χ3v) is 17.0. The van der Waals surface area contributed by atoms with Gasteiger partial charge in [-0.2, -0.15) is 0 Å². The lowest BCUT2D eigenvalue weighted by Crippen LogP contribution is -2.61. The van der Waals surface area contributed by atoms with E-state index in [0.29, 0.717) is 95.2 Å². The number of esters is 1. The van der Waals surface area contributed by atoms with Crippen LogP contribution < -0.4 is 0 Å². The number of fused-ring (bicyclic) bond motifs is 3. The van der Waals surface area contributed by atoms with Crippen molar-refractivity contribution in [2.45, 2.75) is 193 Å². The molecule has 80 heavy (non-hydrogen) atoms. The number of Topliss-reactive ketones (excluding diaryl/α,β-unsaturated/α-hetero) is 3. The Morgan fingerprint density at radius 1 is 0.850 bits per heavy atom. The Hall–Kier alpha value is -4.35. The molecule has 15 atom stereocenters. The number of hydrogen-bond acceptors (Lipinski definition) is 18. The molecule has 2 bridgehead atoms. The molecule has 1 saturated carbocycles. The summed E-state index contributed by atoms with van der Waals surface area (Å²) in [5.41, 5.74) is 1.90. The Kier molecular flexibility index (Phi) is 27.0. The predicted octanol–water partition coefficient (Wildman–Crippen LogP) is 5.28. The predicted molar refractivity (Wildman–Crippen MR) is 298 cm³/mol. The second-order valence-electron chi connectivity index (χ2n) is 23.1. The molecule has 5 rings (SSSR count). The Morgan fingerprint density at radius 3 is 2.27 bits per heavy atom. The second kappa shape index (κ2) is 32.5. The van der Waals surface area contributed by atoms with E-state index in [9.17, 15) is 44.4 Å². The molecule has 0 radical (unpaired) electrons. The van der Waals surface area contributed by atoms with E-state index in [2.05, 4.69) is 10.3 Å². The average Bonchev–Trinajstić information content (AvgIpc) is 3.92. The summed E-state index contributed by atoms with van der Waals surface area (Å²) in [5.74, 6) is -8.20. The summed E-state index contributed by atoms with van der Waals surface area (Å²) in [4.78, 5) is 74.8. The summed E-state index contributed by atoms with van der Waals surface area (Å²) in [5, 5.41) is 50.9. The molecule has 3 aliphatic heterocycles. The van der Waals surface area contributed by atoms with E-state index < -0.39 is 77.8 Å². The highest BCUT2D eigenvalue weighted by atomic mass is 16.6. The van der Waals surface area contributed by atoms with Gasteiger partial charge >= 0.3 is 5.97 Å². The molecule has 1 aromatic rings. The third-order valence-electron chi connectivity index (χ3n) is 17.0. The van der Waals surface area contributed by atoms with Crippen molar-refractivity contribution < 1.29 is 72.8 Å². The molecule has 2 saturated heterocycles. The number of aromatic nitrogens is 3. The topological polar surface area (TPSA) is 259 Å². The van der Waals surface area contributed by atoms with Crippen molar-refractivity contribution in [1.82, 2.24) is 24.8 Å². The normalized spacial score (nSPS) is 35.2. The number of aliphatic hydroxyl groups is 4. The minimum Gasteiger partial charge on any atom is -0.460 e. The molecule has 1 aliphatic carbocycles. The lowest BCUT2D eigenvalue weighted by atomic mass is 9.78. The maximum absolute atomic E-state index is 14.7. The van der Waals surface area contributed by atoms with Crippen molar-refractivity contribution in [3.05, 3.63) is 59.5 Å². The van der Waals surface area contributed by atoms with Crippen molar-refractivity contribution in [2.24, 2.45) is 35.5 Å². The van der Waals surface area contributed by atoms with E-state index in [1.54, 1.807) is 45.7 Å². The highest BCUT2D eigenvalue weighted by Gasteiger charge is 2.53. The quantitative estimate of drug-likeness (QED) is 0.0932. The van der Waals surface area contributed by atoms with Gasteiger partial charge in [0.2, 0.25) is 5.79 Å². The molecule has 0 unspecified atom stereocenters. The van der Waals surface area contributed by atoms with Gasteiger partial charge in [0.1, 0.15) is 35.8 Å². The molecule has 4 aliphatic rings. The molecule has 450 valence electrons. The van der Waals surface area contributed by atoms with Gasteiger partial charge in [0.25, 0.3) is 11.7 Å². The number of ketones is 3. The summed E-state index contributed by atoms with van der Waals surface area (Å²) >= 11 is 0. The van der Waals surface area contributed by atoms with E-state index in [-0.39, 0.29) is 80.7 Å². The van der Waals surface area contributed by atoms with Crippen molar-refractivity contribution in [1.29, 1.82) is 0 Å². The number of carbonyl (C=O) groups is 5. The minimum atomic E-state index is -2.45. The number of aliphatic hydroxyl groups excluding tert-OH is 3. The average molecular weight is 1130 g/mol. The van der Waals surface area contributed by atoms with Gasteiger partial charge < -0.3 is 53.7 Å². The number of ether oxygens (including phenoxy) is 6. The van der Waals surface area contributed by atoms with Crippen LogP contribution in [0.15, 0.2) is 53.8 Å². The Balaban J connectivity index is 1.39. The van der Waals surface area contributed by atoms with Gasteiger partial charge in [-0.15, -0.1) is 5.10 Å². The maximum atomic E-state index is 14.7. The number of rotatable bonds is 16. The summed E-state index contributed by atoms with van der Waals surface area (Å²) < 4.78 is 38.1. The Bertz CT molecular complexity index is 2280. The number of amides is 1. The van der Waals surface area contributed by atoms with Gasteiger partial charge in [-0.05, 0) is 107 Å². The number of hydrogen-bond donors (Lipinski definition) is 4. The van der Waals surface area contributed by atoms with Crippen molar-refractivity contribution in [2.75, 3.05) is 60.7 Å². The van der Waals surface area contributed by atoms with E-state index in [1.807, 2.05) is 69.2 Å². The summed E-state index contributed by atoms with van der Waals surface area (Å²) in [6, 6.07) is -1.17. The Morgan fingerprint density at radius 2 is 1.59 bits per heavy atom. The van der Waals surface area contributed by atoms with Gasteiger partial charge in [-0.1, -0.05) is 76.3 Å². The summed E-state index contributed by atoms with van der Waals surface area (Å²) in [6.07, 6.45) is 13.3. The van der Waals surface area contributed by atoms with Crippen LogP contribution in [-0.4, -0.2) is 190 Å². The summed E-state index contributed by atoms with van der Waals surface area (Å²) in [7, 11) is 4.60. The van der Waals surface area contributed by atoms with E-state index in [4.69, 9.17) is 28.4 Å². The first-order valence-electron chi connectivity index (χ1n) is 29.1. The smallest absolute Gasteiger partial charge is 0.329 e. The van der Waals surface area contributed by atoms with Gasteiger partial charge in [-0.25, -0.2) is 4.79 Å². The second-order valence-corrected chi connectivity index (χ2v) is 23.1. The maximum Gasteiger partial charge on any atom is 0.329 e. The van der Waals surface area contributed by atoms with Crippen LogP contribution in [0.3, 0.4) is 0 Å². The van der Waals surface area contributed by atoms with Gasteiger partial charge in [0.05, 0.1) is 57.0 Å². The van der Waals surface area contributed by atoms with Crippen LogP contribution in [0.1, 0.15) is 131 Å². The van der Waals surface area contributed by atoms with E-state index in [0.717, 1.165) is 12.0 Å². The molecule has 0 spiro atoms. The lowest BCUT2D eigenvalue weighted by molar-refractivity contribution is -0.265. The number of piperidine rings is 1. The zero-order valence-corrected chi connectivity index (χ0v) is 49.3. The van der Waals surface area contributed by atoms with Gasteiger partial charge in [0.15, 0.2) is 5.78 Å². The van der Waals surface area contributed by atoms with Crippen LogP contribution in [-0.2, 0) is 65.5 Å². The molecule has 20 nitrogen and oxygen atoms in total. The molecule has 4 heterocycles. The monoisotopic (exact) mass is 1130 g/mol. The van der Waals surface area contributed by atoms with Crippen LogP contribution in [0, 0.1) is 35.5 Å². The molecule has 4 N–H and O–H groups in total. The van der Waals surface area contributed by atoms with Crippen molar-refractivity contribution in [3.63, 3.8) is 0 Å². The van der Waals surface area contributed by atoms with Crippen LogP contribution in [0.5, 0.6) is 0 Å². The highest BCUT2D eigenvalue weighted by molar-refractivity contribution is 6.39. The van der Waals surface area contributed by atoms with Gasteiger partial charge in [0, 0.05) is 78.1 Å². The highest BCUT2D eigenvalue weighted by Crippen LogP contribution is 2.38. The lowest BCUT2D eigenvalue weighted by Gasteiger charge is -2.42. The SMILES string of the molecule is CO[C@H]1C[C@@H]2CC[C@@H](C)[C@@](O)(O2)C(=O)C(=O)N2CCCC[C@H]2C(=O)O[C@H]([C@H](C)C[C@@H]2CC[C@@H](OCc3cn(CCN(CCO)CCO)nn3)[C@H](OC)C2)CC(=O)[C@H](C)/C=C(\C)[C@@H](O)[C@@H](OC)C(=O)[C@H](C)C[C@H](C)/C=C/C=C/C=C/1C. The van der Waals surface area contributed by atoms with Crippen LogP contribution in [0.4, 0.5) is 0 Å². The van der Waals surface area contributed by atoms with E-state index >= 15 is 0 Å². The van der Waals surface area contributed by atoms with Crippen LogP contribution >= 0.6 is 0 Å². The first kappa shape index (κ1) is 66.5. The molecule has 20 heteroatoms. The molecular formula is C60H95N5O15. The molecule has 1 amide bonds. The number of methoxy groups -OCH3 is 3. The Labute approximate surface area is 474 Å². The standard InChI is InChI=1S/C60H95N5O15/c1-38-16-12-11-13-17-39(2)51(75-8)34-47-21-19-44(7)60(74,80-47)57(71)58(72)65-23-15-14-18-48(65)59(73)79-52(35-49(68)40(3)31-43(6)55(70)56(77-10)54(69)42(5)30-38)41(4)32-45-20-22-50(53(33-45)76-9)78-37-46-36-64(62-61-46)25-24-63(26-28-66)27-29-67/h11-13,16-17,31,36,38,40-42,44-45,47-48,50-53,55-56,66-67,70,74H,14-15,18-30,32-35,37H2,1-10H3/b13-11+,16-12+,39-17+,43-31+/t38-,40-,41-,42-,44-,45+,47+,48+,50-,51+,52+,53-,55-,56+,60-/m1/s1. The molecule has 1 aromatic heterocycles. The zero-order valence-electron chi connectivity index (χ0n) is 49.3. The fourth-order valence-electron chi connectivity index (χ4n) is 11.9. The van der Waals surface area contributed by atoms with Crippen molar-refractivity contribution >= 4 is 29.2 Å².